The van der Waals surface area contributed by atoms with Gasteiger partial charge in [-0.1, -0.05) is 59.3 Å². The van der Waals surface area contributed by atoms with Gasteiger partial charge in [-0.05, 0) is 42.8 Å². The molecule has 0 aliphatic rings. The first-order chi connectivity index (χ1) is 11.7. The van der Waals surface area contributed by atoms with Crippen molar-refractivity contribution < 1.29 is 13.6 Å². The van der Waals surface area contributed by atoms with Gasteiger partial charge in [0.25, 0.3) is 0 Å². The summed E-state index contributed by atoms with van der Waals surface area (Å²) in [5, 5.41) is 0. The van der Waals surface area contributed by atoms with E-state index < -0.39 is 8.56 Å². The number of ether oxygens (including phenoxy) is 1. The van der Waals surface area contributed by atoms with Gasteiger partial charge < -0.3 is 13.6 Å². The molecule has 0 atom stereocenters. The summed E-state index contributed by atoms with van der Waals surface area (Å²) < 4.78 is 17.8. The summed E-state index contributed by atoms with van der Waals surface area (Å²) in [5.41, 5.74) is 0. The Morgan fingerprint density at radius 2 is 1.29 bits per heavy atom. The van der Waals surface area contributed by atoms with E-state index in [-0.39, 0.29) is 0 Å². The van der Waals surface area contributed by atoms with Crippen LogP contribution >= 0.6 is 0 Å². The van der Waals surface area contributed by atoms with Crippen LogP contribution in [0.1, 0.15) is 65.7 Å². The largest absolute Gasteiger partial charge is 0.520 e. The van der Waals surface area contributed by atoms with Crippen molar-refractivity contribution in [3.63, 3.8) is 0 Å². The predicted molar refractivity (Wildman–Crippen MR) is 104 cm³/mol. The quantitative estimate of drug-likeness (QED) is 0.289. The Morgan fingerprint density at radius 1 is 0.750 bits per heavy atom. The number of hydrogen-bond donors (Lipinski definition) is 0. The number of benzene rings is 1. The first kappa shape index (κ1) is 21.0. The van der Waals surface area contributed by atoms with Gasteiger partial charge in [-0.2, -0.15) is 0 Å². The standard InChI is InChI=1S/C20H36O3Si/c1-5-8-9-10-11-12-13-18-22-24(6-2,7-3)23-20-16-14-19(21-4)15-17-20/h14-17H,5-13,18H2,1-4H3. The van der Waals surface area contributed by atoms with E-state index in [1.807, 2.05) is 24.3 Å². The summed E-state index contributed by atoms with van der Waals surface area (Å²) in [4.78, 5) is 0. The molecule has 0 aromatic heterocycles. The molecule has 4 heteroatoms. The number of hydrogen-bond acceptors (Lipinski definition) is 3. The molecular formula is C20H36O3Si. The van der Waals surface area contributed by atoms with Gasteiger partial charge in [0.15, 0.2) is 0 Å². The molecule has 0 radical (unpaired) electrons. The van der Waals surface area contributed by atoms with Gasteiger partial charge in [0.2, 0.25) is 0 Å². The second-order valence-electron chi connectivity index (χ2n) is 6.37. The zero-order chi connectivity index (χ0) is 17.7. The highest BCUT2D eigenvalue weighted by molar-refractivity contribution is 6.68. The Kier molecular flexibility index (Phi) is 10.8. The third-order valence-corrected chi connectivity index (χ3v) is 8.05. The lowest BCUT2D eigenvalue weighted by Crippen LogP contribution is -2.44. The SMILES string of the molecule is CCCCCCCCCO[Si](CC)(CC)Oc1ccc(OC)cc1. The zero-order valence-electron chi connectivity index (χ0n) is 16.1. The third-order valence-electron chi connectivity index (χ3n) is 4.55. The van der Waals surface area contributed by atoms with Crippen LogP contribution in [0.15, 0.2) is 24.3 Å². The fraction of sp³-hybridized carbons (Fsp3) is 0.700. The van der Waals surface area contributed by atoms with Crippen LogP contribution in [0.4, 0.5) is 0 Å². The normalized spacial score (nSPS) is 11.5. The molecule has 0 saturated heterocycles. The van der Waals surface area contributed by atoms with Crippen molar-refractivity contribution in [2.45, 2.75) is 77.8 Å². The summed E-state index contributed by atoms with van der Waals surface area (Å²) in [5.74, 6) is 1.75. The maximum absolute atomic E-state index is 6.32. The number of unbranched alkanes of at least 4 members (excludes halogenated alkanes) is 6. The fourth-order valence-electron chi connectivity index (χ4n) is 2.80. The van der Waals surface area contributed by atoms with E-state index >= 15 is 0 Å². The summed E-state index contributed by atoms with van der Waals surface area (Å²) >= 11 is 0. The minimum Gasteiger partial charge on any atom is -0.520 e. The van der Waals surface area contributed by atoms with E-state index in [0.29, 0.717) is 0 Å². The van der Waals surface area contributed by atoms with Crippen LogP contribution in [0.5, 0.6) is 11.5 Å². The maximum atomic E-state index is 6.32. The van der Waals surface area contributed by atoms with E-state index in [1.54, 1.807) is 7.11 Å². The molecule has 0 aliphatic carbocycles. The van der Waals surface area contributed by atoms with Gasteiger partial charge in [0.1, 0.15) is 11.5 Å². The highest BCUT2D eigenvalue weighted by Gasteiger charge is 2.35. The summed E-state index contributed by atoms with van der Waals surface area (Å²) in [6.45, 7) is 7.46. The molecule has 1 rings (SSSR count). The topological polar surface area (TPSA) is 27.7 Å². The molecule has 0 aliphatic heterocycles. The van der Waals surface area contributed by atoms with Gasteiger partial charge in [-0.15, -0.1) is 0 Å². The van der Waals surface area contributed by atoms with Crippen molar-refractivity contribution in [2.24, 2.45) is 0 Å². The summed E-state index contributed by atoms with van der Waals surface area (Å²) in [6.07, 6.45) is 9.16. The van der Waals surface area contributed by atoms with E-state index in [0.717, 1.165) is 36.6 Å². The molecule has 1 aromatic rings. The molecule has 0 fully saturated rings. The zero-order valence-corrected chi connectivity index (χ0v) is 17.1. The van der Waals surface area contributed by atoms with Crippen LogP contribution in [0, 0.1) is 0 Å². The van der Waals surface area contributed by atoms with Gasteiger partial charge in [-0.25, -0.2) is 0 Å². The first-order valence-electron chi connectivity index (χ1n) is 9.66. The van der Waals surface area contributed by atoms with Crippen molar-refractivity contribution in [3.05, 3.63) is 24.3 Å². The van der Waals surface area contributed by atoms with Crippen molar-refractivity contribution in [1.82, 2.24) is 0 Å². The Balaban J connectivity index is 2.37. The van der Waals surface area contributed by atoms with Crippen LogP contribution in [-0.4, -0.2) is 22.3 Å². The highest BCUT2D eigenvalue weighted by atomic mass is 28.4. The second-order valence-corrected chi connectivity index (χ2v) is 10.1. The lowest BCUT2D eigenvalue weighted by molar-refractivity contribution is 0.230. The molecule has 3 nitrogen and oxygen atoms in total. The molecule has 1 aromatic carbocycles. The maximum Gasteiger partial charge on any atom is 0.398 e. The van der Waals surface area contributed by atoms with Crippen LogP contribution < -0.4 is 9.16 Å². The molecular weight excluding hydrogens is 316 g/mol. The molecule has 0 spiro atoms. The Hall–Kier alpha value is -1.00. The first-order valence-corrected chi connectivity index (χ1v) is 11.9. The number of methoxy groups -OCH3 is 1. The van der Waals surface area contributed by atoms with E-state index in [4.69, 9.17) is 13.6 Å². The minimum absolute atomic E-state index is 0.831. The summed E-state index contributed by atoms with van der Waals surface area (Å²) in [6, 6.07) is 9.79. The minimum atomic E-state index is -2.13. The molecule has 0 unspecified atom stereocenters. The van der Waals surface area contributed by atoms with Gasteiger partial charge in [-0.3, -0.25) is 0 Å². The van der Waals surface area contributed by atoms with Crippen LogP contribution in [0.25, 0.3) is 0 Å². The van der Waals surface area contributed by atoms with Crippen molar-refractivity contribution >= 4 is 8.56 Å². The van der Waals surface area contributed by atoms with Crippen molar-refractivity contribution in [1.29, 1.82) is 0 Å². The average molecular weight is 353 g/mol. The smallest absolute Gasteiger partial charge is 0.398 e. The molecule has 0 saturated carbocycles. The lowest BCUT2D eigenvalue weighted by Gasteiger charge is -2.29. The average Bonchev–Trinajstić information content (AvgIpc) is 2.63. The molecule has 0 bridgehead atoms. The van der Waals surface area contributed by atoms with Crippen LogP contribution in [0.2, 0.25) is 12.1 Å². The molecule has 0 N–H and O–H groups in total. The molecule has 24 heavy (non-hydrogen) atoms. The van der Waals surface area contributed by atoms with Gasteiger partial charge >= 0.3 is 8.56 Å². The van der Waals surface area contributed by atoms with Crippen LogP contribution in [0.3, 0.4) is 0 Å². The van der Waals surface area contributed by atoms with Gasteiger partial charge in [0.05, 0.1) is 7.11 Å². The Bertz CT molecular complexity index is 415. The van der Waals surface area contributed by atoms with Crippen molar-refractivity contribution in [2.75, 3.05) is 13.7 Å². The molecule has 0 heterocycles. The monoisotopic (exact) mass is 352 g/mol. The van der Waals surface area contributed by atoms with Gasteiger partial charge in [0, 0.05) is 6.61 Å². The van der Waals surface area contributed by atoms with E-state index in [1.165, 1.54) is 38.5 Å². The fourth-order valence-corrected chi connectivity index (χ4v) is 5.14. The van der Waals surface area contributed by atoms with E-state index in [2.05, 4.69) is 20.8 Å². The second kappa shape index (κ2) is 12.4. The van der Waals surface area contributed by atoms with E-state index in [9.17, 15) is 0 Å². The molecule has 0 amide bonds. The third kappa shape index (κ3) is 7.71. The molecule has 138 valence electrons. The predicted octanol–water partition coefficient (Wildman–Crippen LogP) is 6.32. The van der Waals surface area contributed by atoms with Crippen LogP contribution in [-0.2, 0) is 4.43 Å². The lowest BCUT2D eigenvalue weighted by atomic mass is 10.1. The summed E-state index contributed by atoms with van der Waals surface area (Å²) in [7, 11) is -0.455. The highest BCUT2D eigenvalue weighted by Crippen LogP contribution is 2.25. The van der Waals surface area contributed by atoms with Crippen molar-refractivity contribution in [3.8, 4) is 11.5 Å². The Labute approximate surface area is 150 Å². The Morgan fingerprint density at radius 3 is 1.83 bits per heavy atom. The number of rotatable bonds is 14.